The van der Waals surface area contributed by atoms with E-state index in [1.54, 1.807) is 6.20 Å². The average Bonchev–Trinajstić information content (AvgIpc) is 3.50. The normalized spacial score (nSPS) is 15.7. The zero-order valence-corrected chi connectivity index (χ0v) is 27.6. The number of hydrogen-bond acceptors (Lipinski definition) is 7. The van der Waals surface area contributed by atoms with Gasteiger partial charge in [0.1, 0.15) is 5.82 Å². The Morgan fingerprint density at radius 1 is 0.920 bits per heavy atom. The van der Waals surface area contributed by atoms with Crippen LogP contribution in [0.2, 0.25) is 0 Å². The Bertz CT molecular complexity index is 1790. The summed E-state index contributed by atoms with van der Waals surface area (Å²) in [4.78, 5) is 13.3. The molecular weight excluding hydrogens is 672 g/mol. The van der Waals surface area contributed by atoms with Crippen LogP contribution in [0, 0.1) is 6.92 Å². The van der Waals surface area contributed by atoms with Gasteiger partial charge in [0.15, 0.2) is 0 Å². The van der Waals surface area contributed by atoms with Crippen molar-refractivity contribution in [1.29, 1.82) is 0 Å². The van der Waals surface area contributed by atoms with Crippen molar-refractivity contribution in [3.8, 4) is 0 Å². The molecule has 4 aromatic rings. The van der Waals surface area contributed by atoms with E-state index in [0.29, 0.717) is 37.0 Å². The third-order valence-electron chi connectivity index (χ3n) is 8.88. The topological polar surface area (TPSA) is 75.9 Å². The fourth-order valence-corrected chi connectivity index (χ4v) is 6.41. The van der Waals surface area contributed by atoms with Gasteiger partial charge in [0, 0.05) is 42.5 Å². The number of aromatic nitrogens is 6. The third-order valence-corrected chi connectivity index (χ3v) is 8.88. The molecular formula is C34H36F8N8. The summed E-state index contributed by atoms with van der Waals surface area (Å²) in [6.45, 7) is 7.34. The van der Waals surface area contributed by atoms with E-state index in [9.17, 15) is 35.1 Å². The zero-order chi connectivity index (χ0) is 36.4. The lowest BCUT2D eigenvalue weighted by molar-refractivity contribution is -0.138. The molecule has 2 aromatic carbocycles. The van der Waals surface area contributed by atoms with Crippen molar-refractivity contribution in [2.75, 3.05) is 18.0 Å². The number of rotatable bonds is 11. The minimum atomic E-state index is -4.96. The Kier molecular flexibility index (Phi) is 10.6. The van der Waals surface area contributed by atoms with Crippen LogP contribution in [0.5, 0.6) is 0 Å². The number of benzene rings is 2. The number of tetrazole rings is 1. The average molecular weight is 709 g/mol. The van der Waals surface area contributed by atoms with E-state index >= 15 is 0 Å². The first kappa shape index (κ1) is 36.8. The van der Waals surface area contributed by atoms with Gasteiger partial charge in [0.05, 0.1) is 18.2 Å². The molecule has 268 valence electrons. The fourth-order valence-electron chi connectivity index (χ4n) is 6.41. The van der Waals surface area contributed by atoms with Crippen LogP contribution in [0.25, 0.3) is 0 Å². The standard InChI is InChI=1S/C34H36F8N8/c1-5-30(49-13-10-23(11-14-49)29-9-12-43-21(3)44-29)28-8-7-25(33(37,38)39)17-24(28)20-50(31-45-47-48(4)46-31)19-22-15-26(32(35,36)6-2)18-27(16-22)34(40,41)42/h6-9,12,15-18,23,30H,2,5,10-11,13-14,19-20H2,1,3-4H3. The Hall–Kier alpha value is -4.47. The summed E-state index contributed by atoms with van der Waals surface area (Å²) in [5, 5.41) is 11.9. The Labute approximate surface area is 283 Å². The number of alkyl halides is 8. The van der Waals surface area contributed by atoms with Crippen LogP contribution in [0.1, 0.15) is 83.0 Å². The maximum absolute atomic E-state index is 14.6. The first-order valence-corrected chi connectivity index (χ1v) is 15.9. The predicted octanol–water partition coefficient (Wildman–Crippen LogP) is 8.16. The molecule has 5 rings (SSSR count). The first-order valence-electron chi connectivity index (χ1n) is 15.9. The van der Waals surface area contributed by atoms with Crippen molar-refractivity contribution in [2.24, 2.45) is 7.05 Å². The number of piperidine rings is 1. The Balaban J connectivity index is 1.52. The summed E-state index contributed by atoms with van der Waals surface area (Å²) in [7, 11) is 1.44. The highest BCUT2D eigenvalue weighted by molar-refractivity contribution is 5.42. The van der Waals surface area contributed by atoms with Gasteiger partial charge in [0.25, 0.3) is 11.9 Å². The molecule has 1 atom stereocenters. The van der Waals surface area contributed by atoms with Crippen molar-refractivity contribution in [1.82, 2.24) is 35.1 Å². The number of allylic oxidation sites excluding steroid dienone is 1. The molecule has 2 aromatic heterocycles. The summed E-state index contributed by atoms with van der Waals surface area (Å²) < 4.78 is 113. The largest absolute Gasteiger partial charge is 0.416 e. The van der Waals surface area contributed by atoms with Crippen molar-refractivity contribution in [3.63, 3.8) is 0 Å². The first-order chi connectivity index (χ1) is 23.5. The number of aryl methyl sites for hydroxylation is 2. The van der Waals surface area contributed by atoms with Crippen LogP contribution < -0.4 is 4.90 Å². The lowest BCUT2D eigenvalue weighted by Crippen LogP contribution is -2.37. The van der Waals surface area contributed by atoms with Crippen LogP contribution in [0.3, 0.4) is 0 Å². The van der Waals surface area contributed by atoms with Gasteiger partial charge in [0.2, 0.25) is 0 Å². The minimum absolute atomic E-state index is 0.112. The molecule has 1 fully saturated rings. The molecule has 16 heteroatoms. The number of hydrogen-bond donors (Lipinski definition) is 0. The highest BCUT2D eigenvalue weighted by atomic mass is 19.4. The van der Waals surface area contributed by atoms with Gasteiger partial charge in [-0.15, -0.1) is 5.10 Å². The summed E-state index contributed by atoms with van der Waals surface area (Å²) in [5.41, 5.74) is -1.59. The molecule has 0 amide bonds. The monoisotopic (exact) mass is 708 g/mol. The predicted molar refractivity (Wildman–Crippen MR) is 169 cm³/mol. The minimum Gasteiger partial charge on any atom is -0.330 e. The van der Waals surface area contributed by atoms with Gasteiger partial charge in [-0.2, -0.15) is 39.9 Å². The summed E-state index contributed by atoms with van der Waals surface area (Å²) >= 11 is 0. The third kappa shape index (κ3) is 8.45. The van der Waals surface area contributed by atoms with E-state index in [0.717, 1.165) is 47.6 Å². The van der Waals surface area contributed by atoms with Gasteiger partial charge >= 0.3 is 12.4 Å². The molecule has 1 aliphatic heterocycles. The number of nitrogens with zero attached hydrogens (tertiary/aromatic N) is 8. The van der Waals surface area contributed by atoms with E-state index < -0.39 is 41.5 Å². The van der Waals surface area contributed by atoms with Crippen molar-refractivity contribution < 1.29 is 35.1 Å². The number of anilines is 1. The second-order valence-electron chi connectivity index (χ2n) is 12.4. The van der Waals surface area contributed by atoms with Gasteiger partial charge in [-0.25, -0.2) is 9.97 Å². The second kappa shape index (κ2) is 14.4. The van der Waals surface area contributed by atoms with Gasteiger partial charge < -0.3 is 4.90 Å². The van der Waals surface area contributed by atoms with E-state index in [2.05, 4.69) is 36.9 Å². The number of halogens is 8. The van der Waals surface area contributed by atoms with Crippen molar-refractivity contribution in [3.05, 3.63) is 106 Å². The van der Waals surface area contributed by atoms with Crippen LogP contribution in [-0.2, 0) is 38.4 Å². The van der Waals surface area contributed by atoms with Crippen molar-refractivity contribution >= 4 is 5.95 Å². The van der Waals surface area contributed by atoms with E-state index in [1.165, 1.54) is 18.0 Å². The van der Waals surface area contributed by atoms with Crippen LogP contribution in [0.4, 0.5) is 41.1 Å². The SMILES string of the molecule is C=CC(F)(F)c1cc(CN(Cc2cc(C(F)(F)F)ccc2C(CC)N2CCC(c3ccnc(C)n3)CC2)c2nnn(C)n2)cc(C(F)(F)F)c1. The smallest absolute Gasteiger partial charge is 0.330 e. The van der Waals surface area contributed by atoms with E-state index in [1.807, 2.05) is 19.9 Å². The van der Waals surface area contributed by atoms with E-state index in [4.69, 9.17) is 0 Å². The molecule has 0 spiro atoms. The maximum Gasteiger partial charge on any atom is 0.416 e. The second-order valence-corrected chi connectivity index (χ2v) is 12.4. The maximum atomic E-state index is 14.6. The summed E-state index contributed by atoms with van der Waals surface area (Å²) in [6, 6.07) is 7.02. The zero-order valence-electron chi connectivity index (χ0n) is 27.6. The molecule has 1 aliphatic rings. The van der Waals surface area contributed by atoms with E-state index in [-0.39, 0.29) is 41.7 Å². The highest BCUT2D eigenvalue weighted by Crippen LogP contribution is 2.39. The quantitative estimate of drug-likeness (QED) is 0.115. The van der Waals surface area contributed by atoms with Crippen LogP contribution in [-0.4, -0.2) is 48.2 Å². The van der Waals surface area contributed by atoms with Gasteiger partial charge in [-0.1, -0.05) is 24.7 Å². The fraction of sp³-hybridized carbons (Fsp3) is 0.441. The molecule has 1 unspecified atom stereocenters. The number of likely N-dealkylation sites (tertiary alicyclic amines) is 1. The molecule has 8 nitrogen and oxygen atoms in total. The van der Waals surface area contributed by atoms with Crippen LogP contribution >= 0.6 is 0 Å². The Morgan fingerprint density at radius 2 is 1.60 bits per heavy atom. The molecule has 3 heterocycles. The lowest BCUT2D eigenvalue weighted by Gasteiger charge is -2.38. The van der Waals surface area contributed by atoms with Gasteiger partial charge in [-0.3, -0.25) is 4.90 Å². The summed E-state index contributed by atoms with van der Waals surface area (Å²) in [5.74, 6) is -3.03. The molecule has 50 heavy (non-hydrogen) atoms. The summed E-state index contributed by atoms with van der Waals surface area (Å²) in [6.07, 6.45) is -5.60. The highest BCUT2D eigenvalue weighted by Gasteiger charge is 2.37. The molecule has 1 saturated heterocycles. The lowest BCUT2D eigenvalue weighted by atomic mass is 9.89. The Morgan fingerprint density at radius 3 is 2.18 bits per heavy atom. The van der Waals surface area contributed by atoms with Crippen LogP contribution in [0.15, 0.2) is 61.3 Å². The molecule has 0 bridgehead atoms. The molecule has 0 aliphatic carbocycles. The molecule has 0 saturated carbocycles. The van der Waals surface area contributed by atoms with Crippen molar-refractivity contribution in [2.45, 2.75) is 76.4 Å². The molecule has 0 N–H and O–H groups in total. The molecule has 0 radical (unpaired) electrons. The van der Waals surface area contributed by atoms with Gasteiger partial charge in [-0.05, 0) is 104 Å².